The summed E-state index contributed by atoms with van der Waals surface area (Å²) < 4.78 is 0. The Balaban J connectivity index is 2.01. The molecule has 0 spiro atoms. The van der Waals surface area contributed by atoms with Gasteiger partial charge in [-0.15, -0.1) is 9.78 Å². The van der Waals surface area contributed by atoms with E-state index in [9.17, 15) is 20.2 Å². The minimum absolute atomic E-state index is 0.207. The minimum Gasteiger partial charge on any atom is -0.261 e. The first-order chi connectivity index (χ1) is 11.1. The molecule has 0 aromatic heterocycles. The molecule has 23 heavy (non-hydrogen) atoms. The molecule has 0 aliphatic heterocycles. The van der Waals surface area contributed by atoms with Crippen molar-refractivity contribution in [2.45, 2.75) is 12.5 Å². The zero-order chi connectivity index (χ0) is 16.7. The summed E-state index contributed by atoms with van der Waals surface area (Å²) in [5, 5.41) is 26.3. The van der Waals surface area contributed by atoms with E-state index in [1.165, 1.54) is 24.3 Å². The molecule has 0 heterocycles. The fraction of sp³-hybridized carbons (Fsp3) is 0.143. The van der Waals surface area contributed by atoms with Crippen molar-refractivity contribution >= 4 is 0 Å². The standard InChI is InChI=1S/C14H12N2O7/c17-15(18)13(11-7-3-1-4-8-11)21-23-22-14(16(19)20)12-9-5-2-6-10-12/h1-10,13-14H. The van der Waals surface area contributed by atoms with Crippen molar-refractivity contribution in [1.29, 1.82) is 0 Å². The third-order valence-electron chi connectivity index (χ3n) is 2.81. The van der Waals surface area contributed by atoms with Gasteiger partial charge >= 0.3 is 12.5 Å². The molecule has 2 aromatic carbocycles. The van der Waals surface area contributed by atoms with Gasteiger partial charge in [0.1, 0.15) is 0 Å². The predicted molar refractivity (Wildman–Crippen MR) is 75.6 cm³/mol. The summed E-state index contributed by atoms with van der Waals surface area (Å²) in [5.74, 6) is 0. The molecule has 0 radical (unpaired) electrons. The lowest BCUT2D eigenvalue weighted by atomic mass is 10.2. The molecule has 0 bridgehead atoms. The molecule has 0 saturated carbocycles. The number of hydrogen-bond acceptors (Lipinski definition) is 7. The number of rotatable bonds is 8. The van der Waals surface area contributed by atoms with Crippen LogP contribution >= 0.6 is 0 Å². The SMILES string of the molecule is O=[N+]([O-])C(OOOC(c1ccccc1)[N+](=O)[O-])c1ccccc1. The van der Waals surface area contributed by atoms with E-state index in [0.29, 0.717) is 0 Å². The molecular weight excluding hydrogens is 308 g/mol. The van der Waals surface area contributed by atoms with Gasteiger partial charge in [0, 0.05) is 0 Å². The summed E-state index contributed by atoms with van der Waals surface area (Å²) in [6, 6.07) is 15.5. The Morgan fingerprint density at radius 3 is 1.35 bits per heavy atom. The van der Waals surface area contributed by atoms with Crippen LogP contribution in [0.1, 0.15) is 23.6 Å². The van der Waals surface area contributed by atoms with Crippen LogP contribution in [0, 0.1) is 20.2 Å². The van der Waals surface area contributed by atoms with E-state index in [4.69, 9.17) is 0 Å². The molecule has 2 rings (SSSR count). The van der Waals surface area contributed by atoms with E-state index in [2.05, 4.69) is 14.8 Å². The first kappa shape index (κ1) is 16.5. The lowest BCUT2D eigenvalue weighted by Gasteiger charge is -2.11. The van der Waals surface area contributed by atoms with E-state index in [1.807, 2.05) is 0 Å². The average molecular weight is 320 g/mol. The van der Waals surface area contributed by atoms with E-state index >= 15 is 0 Å². The third-order valence-corrected chi connectivity index (χ3v) is 2.81. The number of nitrogens with zero attached hydrogens (tertiary/aromatic N) is 2. The van der Waals surface area contributed by atoms with Gasteiger partial charge in [0.2, 0.25) is 0 Å². The Kier molecular flexibility index (Phi) is 5.69. The number of benzene rings is 2. The predicted octanol–water partition coefficient (Wildman–Crippen LogP) is 2.82. The second-order valence-electron chi connectivity index (χ2n) is 4.36. The van der Waals surface area contributed by atoms with Crippen LogP contribution in [-0.4, -0.2) is 9.85 Å². The maximum absolute atomic E-state index is 11.0. The second kappa shape index (κ2) is 7.94. The summed E-state index contributed by atoms with van der Waals surface area (Å²) in [5.41, 5.74) is 0.414. The zero-order valence-electron chi connectivity index (χ0n) is 11.7. The Morgan fingerprint density at radius 2 is 1.04 bits per heavy atom. The lowest BCUT2D eigenvalue weighted by molar-refractivity contribution is -0.722. The van der Waals surface area contributed by atoms with Gasteiger partial charge < -0.3 is 0 Å². The highest BCUT2D eigenvalue weighted by molar-refractivity contribution is 5.16. The lowest BCUT2D eigenvalue weighted by Crippen LogP contribution is -2.19. The molecule has 0 saturated heterocycles. The molecule has 2 aromatic rings. The molecule has 0 fully saturated rings. The van der Waals surface area contributed by atoms with E-state index < -0.39 is 22.3 Å². The fourth-order valence-electron chi connectivity index (χ4n) is 1.76. The van der Waals surface area contributed by atoms with Crippen molar-refractivity contribution in [3.05, 3.63) is 92.0 Å². The van der Waals surface area contributed by atoms with Crippen molar-refractivity contribution in [1.82, 2.24) is 0 Å². The molecule has 0 amide bonds. The van der Waals surface area contributed by atoms with Crippen LogP contribution in [0.3, 0.4) is 0 Å². The van der Waals surface area contributed by atoms with Crippen LogP contribution in [0.4, 0.5) is 0 Å². The van der Waals surface area contributed by atoms with Crippen LogP contribution < -0.4 is 0 Å². The van der Waals surface area contributed by atoms with Crippen LogP contribution in [-0.2, 0) is 14.8 Å². The van der Waals surface area contributed by atoms with Crippen molar-refractivity contribution in [3.8, 4) is 0 Å². The van der Waals surface area contributed by atoms with Gasteiger partial charge in [-0.05, 0) is 24.3 Å². The Morgan fingerprint density at radius 1 is 0.696 bits per heavy atom. The van der Waals surface area contributed by atoms with Crippen LogP contribution in [0.2, 0.25) is 0 Å². The highest BCUT2D eigenvalue weighted by Gasteiger charge is 2.29. The van der Waals surface area contributed by atoms with Gasteiger partial charge in [-0.1, -0.05) is 41.4 Å². The summed E-state index contributed by atoms with van der Waals surface area (Å²) in [6.45, 7) is 0. The van der Waals surface area contributed by atoms with Gasteiger partial charge in [-0.3, -0.25) is 20.2 Å². The van der Waals surface area contributed by atoms with Crippen LogP contribution in [0.25, 0.3) is 0 Å². The first-order valence-electron chi connectivity index (χ1n) is 6.45. The van der Waals surface area contributed by atoms with Crippen molar-refractivity contribution in [2.75, 3.05) is 0 Å². The highest BCUT2D eigenvalue weighted by Crippen LogP contribution is 2.22. The van der Waals surface area contributed by atoms with Crippen LogP contribution in [0.15, 0.2) is 60.7 Å². The van der Waals surface area contributed by atoms with Crippen molar-refractivity contribution in [3.63, 3.8) is 0 Å². The summed E-state index contributed by atoms with van der Waals surface area (Å²) in [7, 11) is 0. The molecule has 0 aliphatic carbocycles. The smallest absolute Gasteiger partial charge is 0.261 e. The molecule has 2 atom stereocenters. The summed E-state index contributed by atoms with van der Waals surface area (Å²) >= 11 is 0. The second-order valence-corrected chi connectivity index (χ2v) is 4.36. The maximum Gasteiger partial charge on any atom is 0.371 e. The zero-order valence-corrected chi connectivity index (χ0v) is 11.7. The molecule has 9 heteroatoms. The Labute approximate surface area is 130 Å². The molecular formula is C14H12N2O7. The monoisotopic (exact) mass is 320 g/mol. The molecule has 0 aliphatic rings. The maximum atomic E-state index is 11.0. The van der Waals surface area contributed by atoms with Gasteiger partial charge in [0.25, 0.3) is 0 Å². The van der Waals surface area contributed by atoms with Crippen LogP contribution in [0.5, 0.6) is 0 Å². The van der Waals surface area contributed by atoms with Gasteiger partial charge in [-0.25, -0.2) is 0 Å². The summed E-state index contributed by atoms with van der Waals surface area (Å²) in [6.07, 6.45) is -3.33. The largest absolute Gasteiger partial charge is 0.371 e. The normalized spacial score (nSPS) is 13.2. The summed E-state index contributed by atoms with van der Waals surface area (Å²) in [4.78, 5) is 29.6. The topological polar surface area (TPSA) is 114 Å². The van der Waals surface area contributed by atoms with Crippen molar-refractivity contribution in [2.24, 2.45) is 0 Å². The van der Waals surface area contributed by atoms with E-state index in [0.717, 1.165) is 0 Å². The molecule has 2 unspecified atom stereocenters. The van der Waals surface area contributed by atoms with Gasteiger partial charge in [-0.2, -0.15) is 0 Å². The highest BCUT2D eigenvalue weighted by atomic mass is 17.5. The minimum atomic E-state index is -1.67. The van der Waals surface area contributed by atoms with E-state index in [-0.39, 0.29) is 11.1 Å². The first-order valence-corrected chi connectivity index (χ1v) is 6.45. The van der Waals surface area contributed by atoms with Gasteiger partial charge in [0.15, 0.2) is 0 Å². The fourth-order valence-corrected chi connectivity index (χ4v) is 1.76. The van der Waals surface area contributed by atoms with E-state index in [1.54, 1.807) is 36.4 Å². The molecule has 0 N–H and O–H groups in total. The molecule has 120 valence electrons. The Hall–Kier alpha value is -2.88. The molecule has 9 nitrogen and oxygen atoms in total. The number of hydrogen-bond donors (Lipinski definition) is 0. The Bertz CT molecular complexity index is 593. The quantitative estimate of drug-likeness (QED) is 0.318. The number of nitro groups is 2. The van der Waals surface area contributed by atoms with Gasteiger partial charge in [0.05, 0.1) is 21.0 Å². The van der Waals surface area contributed by atoms with Crippen molar-refractivity contribution < 1.29 is 24.7 Å². The third kappa shape index (κ3) is 4.54. The average Bonchev–Trinajstić information content (AvgIpc) is 2.56.